The summed E-state index contributed by atoms with van der Waals surface area (Å²) in [5.74, 6) is 0.177. The van der Waals surface area contributed by atoms with Crippen molar-refractivity contribution in [1.82, 2.24) is 0 Å². The number of carbonyl (C=O) groups excluding carboxylic acids is 1. The number of nitrogens with one attached hydrogen (secondary N) is 2. The molecule has 2 aromatic carbocycles. The minimum Gasteiger partial charge on any atom is -0.495 e. The highest BCUT2D eigenvalue weighted by Gasteiger charge is 2.20. The van der Waals surface area contributed by atoms with Gasteiger partial charge in [-0.1, -0.05) is 36.7 Å². The molecule has 1 amide bonds. The van der Waals surface area contributed by atoms with Crippen LogP contribution in [0.3, 0.4) is 0 Å². The van der Waals surface area contributed by atoms with Crippen molar-refractivity contribution < 1.29 is 17.9 Å². The topological polar surface area (TPSA) is 84.5 Å². The van der Waals surface area contributed by atoms with Gasteiger partial charge in [0.15, 0.2) is 0 Å². The molecule has 0 aliphatic carbocycles. The van der Waals surface area contributed by atoms with E-state index >= 15 is 0 Å². The van der Waals surface area contributed by atoms with Gasteiger partial charge in [-0.3, -0.25) is 9.52 Å². The molecule has 27 heavy (non-hydrogen) atoms. The molecule has 6 nitrogen and oxygen atoms in total. The van der Waals surface area contributed by atoms with E-state index in [9.17, 15) is 13.2 Å². The number of hydrogen-bond acceptors (Lipinski definition) is 4. The van der Waals surface area contributed by atoms with Crippen molar-refractivity contribution in [1.29, 1.82) is 0 Å². The fraction of sp³-hybridized carbons (Fsp3) is 0.316. The van der Waals surface area contributed by atoms with Crippen LogP contribution in [0.15, 0.2) is 51.8 Å². The molecule has 0 aromatic heterocycles. The number of methoxy groups -OCH3 is 1. The van der Waals surface area contributed by atoms with Crippen LogP contribution >= 0.6 is 15.9 Å². The summed E-state index contributed by atoms with van der Waals surface area (Å²) in [6.45, 7) is 5.85. The first-order valence-corrected chi connectivity index (χ1v) is 10.5. The van der Waals surface area contributed by atoms with Crippen LogP contribution in [0.4, 0.5) is 11.4 Å². The minimum absolute atomic E-state index is 0.0253. The zero-order chi connectivity index (χ0) is 20.2. The number of sulfonamides is 1. The van der Waals surface area contributed by atoms with E-state index in [1.165, 1.54) is 25.3 Å². The SMILES string of the molecule is COc1ccc(S(=O)(=O)Nc2ccc(Br)cc2)cc1NC(=O)CC(C)(C)C. The van der Waals surface area contributed by atoms with Crippen LogP contribution in [0, 0.1) is 5.41 Å². The van der Waals surface area contributed by atoms with E-state index in [0.29, 0.717) is 23.5 Å². The molecule has 0 aliphatic rings. The lowest BCUT2D eigenvalue weighted by Crippen LogP contribution is -2.20. The van der Waals surface area contributed by atoms with Gasteiger partial charge < -0.3 is 10.1 Å². The third-order valence-corrected chi connectivity index (χ3v) is 5.45. The zero-order valence-corrected chi connectivity index (χ0v) is 18.1. The van der Waals surface area contributed by atoms with Gasteiger partial charge in [0.25, 0.3) is 10.0 Å². The average Bonchev–Trinajstić information content (AvgIpc) is 2.55. The van der Waals surface area contributed by atoms with Crippen LogP contribution in [-0.2, 0) is 14.8 Å². The lowest BCUT2D eigenvalue weighted by atomic mass is 9.92. The summed E-state index contributed by atoms with van der Waals surface area (Å²) in [6, 6.07) is 11.1. The molecule has 0 unspecified atom stereocenters. The maximum Gasteiger partial charge on any atom is 0.261 e. The molecule has 0 bridgehead atoms. The highest BCUT2D eigenvalue weighted by atomic mass is 79.9. The maximum atomic E-state index is 12.7. The Bertz CT molecular complexity index is 920. The molecule has 0 spiro atoms. The predicted molar refractivity (Wildman–Crippen MR) is 111 cm³/mol. The van der Waals surface area contributed by atoms with Crippen molar-refractivity contribution in [3.63, 3.8) is 0 Å². The van der Waals surface area contributed by atoms with Crippen LogP contribution in [0.5, 0.6) is 5.75 Å². The summed E-state index contributed by atoms with van der Waals surface area (Å²) in [5.41, 5.74) is 0.558. The highest BCUT2D eigenvalue weighted by Crippen LogP contribution is 2.30. The van der Waals surface area contributed by atoms with Crippen molar-refractivity contribution in [3.8, 4) is 5.75 Å². The Balaban J connectivity index is 2.29. The average molecular weight is 455 g/mol. The van der Waals surface area contributed by atoms with Gasteiger partial charge in [0.2, 0.25) is 5.91 Å². The third kappa shape index (κ3) is 6.25. The van der Waals surface area contributed by atoms with Crippen LogP contribution in [-0.4, -0.2) is 21.4 Å². The Morgan fingerprint density at radius 2 is 1.74 bits per heavy atom. The Hall–Kier alpha value is -2.06. The minimum atomic E-state index is -3.82. The zero-order valence-electron chi connectivity index (χ0n) is 15.7. The van der Waals surface area contributed by atoms with E-state index < -0.39 is 10.0 Å². The van der Waals surface area contributed by atoms with Gasteiger partial charge in [-0.2, -0.15) is 0 Å². The van der Waals surface area contributed by atoms with E-state index in [-0.39, 0.29) is 16.2 Å². The van der Waals surface area contributed by atoms with E-state index in [4.69, 9.17) is 4.74 Å². The molecule has 0 heterocycles. The number of rotatable bonds is 6. The third-order valence-electron chi connectivity index (χ3n) is 3.54. The summed E-state index contributed by atoms with van der Waals surface area (Å²) >= 11 is 3.31. The van der Waals surface area contributed by atoms with Crippen molar-refractivity contribution >= 4 is 43.2 Å². The van der Waals surface area contributed by atoms with Gasteiger partial charge in [-0.05, 0) is 47.9 Å². The smallest absolute Gasteiger partial charge is 0.261 e. The molecule has 0 fully saturated rings. The molecule has 0 saturated heterocycles. The van der Waals surface area contributed by atoms with E-state index in [1.807, 2.05) is 20.8 Å². The molecular weight excluding hydrogens is 432 g/mol. The fourth-order valence-corrected chi connectivity index (χ4v) is 3.71. The largest absolute Gasteiger partial charge is 0.495 e. The van der Waals surface area contributed by atoms with Crippen molar-refractivity contribution in [3.05, 3.63) is 46.9 Å². The number of benzene rings is 2. The predicted octanol–water partition coefficient (Wildman–Crippen LogP) is 4.63. The second-order valence-electron chi connectivity index (χ2n) is 7.26. The molecular formula is C19H23BrN2O4S. The highest BCUT2D eigenvalue weighted by molar-refractivity contribution is 9.10. The Morgan fingerprint density at radius 3 is 2.30 bits per heavy atom. The lowest BCUT2D eigenvalue weighted by molar-refractivity contribution is -0.117. The van der Waals surface area contributed by atoms with Crippen LogP contribution in [0.25, 0.3) is 0 Å². The van der Waals surface area contributed by atoms with Gasteiger partial charge in [-0.25, -0.2) is 8.42 Å². The van der Waals surface area contributed by atoms with Crippen molar-refractivity contribution in [2.75, 3.05) is 17.1 Å². The standard InChI is InChI=1S/C19H23BrN2O4S/c1-19(2,3)12-18(23)21-16-11-15(9-10-17(16)26-4)27(24,25)22-14-7-5-13(20)6-8-14/h5-11,22H,12H2,1-4H3,(H,21,23). The summed E-state index contributed by atoms with van der Waals surface area (Å²) in [4.78, 5) is 12.3. The molecule has 8 heteroatoms. The van der Waals surface area contributed by atoms with Gasteiger partial charge in [-0.15, -0.1) is 0 Å². The number of ether oxygens (including phenoxy) is 1. The molecule has 146 valence electrons. The first-order valence-electron chi connectivity index (χ1n) is 8.26. The number of halogens is 1. The van der Waals surface area contributed by atoms with Gasteiger partial charge in [0.05, 0.1) is 17.7 Å². The molecule has 0 atom stereocenters. The second kappa shape index (κ2) is 8.31. The second-order valence-corrected chi connectivity index (χ2v) is 9.86. The van der Waals surface area contributed by atoms with E-state index in [2.05, 4.69) is 26.0 Å². The van der Waals surface area contributed by atoms with Crippen molar-refractivity contribution in [2.45, 2.75) is 32.1 Å². The first-order chi connectivity index (χ1) is 12.5. The number of amides is 1. The molecule has 2 aromatic rings. The van der Waals surface area contributed by atoms with Crippen LogP contribution in [0.2, 0.25) is 0 Å². The summed E-state index contributed by atoms with van der Waals surface area (Å²) in [6.07, 6.45) is 0.296. The molecule has 2 rings (SSSR count). The van der Waals surface area contributed by atoms with Crippen molar-refractivity contribution in [2.24, 2.45) is 5.41 Å². The number of hydrogen-bond donors (Lipinski definition) is 2. The Labute approximate surface area is 168 Å². The van der Waals surface area contributed by atoms with Crippen LogP contribution < -0.4 is 14.8 Å². The number of anilines is 2. The summed E-state index contributed by atoms with van der Waals surface area (Å²) < 4.78 is 34.0. The maximum absolute atomic E-state index is 12.7. The monoisotopic (exact) mass is 454 g/mol. The van der Waals surface area contributed by atoms with E-state index in [1.54, 1.807) is 24.3 Å². The summed E-state index contributed by atoms with van der Waals surface area (Å²) in [5, 5.41) is 2.74. The fourth-order valence-electron chi connectivity index (χ4n) is 2.36. The van der Waals surface area contributed by atoms with Gasteiger partial charge in [0, 0.05) is 16.6 Å². The molecule has 0 aliphatic heterocycles. The van der Waals surface area contributed by atoms with Gasteiger partial charge >= 0.3 is 0 Å². The lowest BCUT2D eigenvalue weighted by Gasteiger charge is -2.18. The first kappa shape index (κ1) is 21.2. The normalized spacial score (nSPS) is 11.7. The summed E-state index contributed by atoms with van der Waals surface area (Å²) in [7, 11) is -2.36. The molecule has 0 radical (unpaired) electrons. The Morgan fingerprint density at radius 1 is 1.11 bits per heavy atom. The quantitative estimate of drug-likeness (QED) is 0.665. The Kier molecular flexibility index (Phi) is 6.54. The van der Waals surface area contributed by atoms with E-state index in [0.717, 1.165) is 4.47 Å². The molecule has 2 N–H and O–H groups in total. The van der Waals surface area contributed by atoms with Crippen LogP contribution in [0.1, 0.15) is 27.2 Å². The molecule has 0 saturated carbocycles. The van der Waals surface area contributed by atoms with Gasteiger partial charge in [0.1, 0.15) is 5.75 Å². The number of carbonyl (C=O) groups is 1.